The predicted octanol–water partition coefficient (Wildman–Crippen LogP) is 2.98. The SMILES string of the molecule is CCCCOC(=O)CN1C(=O)S/C(=C\c2ccc(OCC#N)c(OC)c2)C1=O. The minimum Gasteiger partial charge on any atom is -0.493 e. The number of unbranched alkanes of at least 4 members (excludes halogenated alkanes) is 1. The monoisotopic (exact) mass is 404 g/mol. The Balaban J connectivity index is 2.10. The summed E-state index contributed by atoms with van der Waals surface area (Å²) in [7, 11) is 1.45. The van der Waals surface area contributed by atoms with Gasteiger partial charge in [0.2, 0.25) is 0 Å². The zero-order chi connectivity index (χ0) is 20.5. The third-order valence-electron chi connectivity index (χ3n) is 3.70. The minimum absolute atomic E-state index is 0.122. The highest BCUT2D eigenvalue weighted by molar-refractivity contribution is 8.18. The predicted molar refractivity (Wildman–Crippen MR) is 103 cm³/mol. The van der Waals surface area contributed by atoms with Crippen molar-refractivity contribution in [3.8, 4) is 17.6 Å². The van der Waals surface area contributed by atoms with Crippen LogP contribution in [0.25, 0.3) is 6.08 Å². The summed E-state index contributed by atoms with van der Waals surface area (Å²) < 4.78 is 15.5. The van der Waals surface area contributed by atoms with Crippen molar-refractivity contribution in [1.82, 2.24) is 4.90 Å². The summed E-state index contributed by atoms with van der Waals surface area (Å²) in [6.07, 6.45) is 3.13. The molecule has 0 saturated carbocycles. The number of amides is 2. The molecule has 0 N–H and O–H groups in total. The Morgan fingerprint density at radius 1 is 1.32 bits per heavy atom. The average molecular weight is 404 g/mol. The van der Waals surface area contributed by atoms with E-state index in [4.69, 9.17) is 19.5 Å². The topological polar surface area (TPSA) is 106 Å². The van der Waals surface area contributed by atoms with Crippen molar-refractivity contribution in [2.45, 2.75) is 19.8 Å². The van der Waals surface area contributed by atoms with Gasteiger partial charge >= 0.3 is 5.97 Å². The molecule has 0 bridgehead atoms. The first kappa shape index (κ1) is 21.3. The number of methoxy groups -OCH3 is 1. The van der Waals surface area contributed by atoms with Crippen molar-refractivity contribution in [3.63, 3.8) is 0 Å². The first-order valence-corrected chi connectivity index (χ1v) is 9.40. The summed E-state index contributed by atoms with van der Waals surface area (Å²) >= 11 is 0.754. The van der Waals surface area contributed by atoms with E-state index in [1.165, 1.54) is 13.2 Å². The van der Waals surface area contributed by atoms with Crippen LogP contribution in [0.2, 0.25) is 0 Å². The lowest BCUT2D eigenvalue weighted by Gasteiger charge is -2.11. The van der Waals surface area contributed by atoms with Gasteiger partial charge in [-0.25, -0.2) is 0 Å². The maximum absolute atomic E-state index is 12.5. The van der Waals surface area contributed by atoms with Crippen molar-refractivity contribution in [2.24, 2.45) is 0 Å². The van der Waals surface area contributed by atoms with Crippen LogP contribution in [0.15, 0.2) is 23.1 Å². The molecule has 1 fully saturated rings. The van der Waals surface area contributed by atoms with Gasteiger partial charge in [-0.15, -0.1) is 0 Å². The summed E-state index contributed by atoms with van der Waals surface area (Å²) in [5.41, 5.74) is 0.608. The molecule has 0 unspecified atom stereocenters. The first-order valence-electron chi connectivity index (χ1n) is 8.59. The molecule has 0 radical (unpaired) electrons. The second-order valence-electron chi connectivity index (χ2n) is 5.70. The smallest absolute Gasteiger partial charge is 0.326 e. The number of esters is 1. The number of hydrogen-bond donors (Lipinski definition) is 0. The first-order chi connectivity index (χ1) is 13.5. The van der Waals surface area contributed by atoms with Crippen LogP contribution in [0.3, 0.4) is 0 Å². The van der Waals surface area contributed by atoms with Gasteiger partial charge in [-0.3, -0.25) is 19.3 Å². The fourth-order valence-electron chi connectivity index (χ4n) is 2.30. The molecule has 2 amide bonds. The van der Waals surface area contributed by atoms with Crippen LogP contribution in [0.5, 0.6) is 11.5 Å². The van der Waals surface area contributed by atoms with Crippen LogP contribution < -0.4 is 9.47 Å². The molecule has 148 valence electrons. The fourth-order valence-corrected chi connectivity index (χ4v) is 3.13. The second kappa shape index (κ2) is 10.4. The number of rotatable bonds is 9. The van der Waals surface area contributed by atoms with E-state index in [0.717, 1.165) is 29.5 Å². The molecule has 8 nitrogen and oxygen atoms in total. The van der Waals surface area contributed by atoms with E-state index >= 15 is 0 Å². The van der Waals surface area contributed by atoms with Crippen molar-refractivity contribution in [1.29, 1.82) is 5.26 Å². The van der Waals surface area contributed by atoms with Gasteiger partial charge in [0.15, 0.2) is 18.1 Å². The number of imide groups is 1. The Hall–Kier alpha value is -2.99. The van der Waals surface area contributed by atoms with Crippen molar-refractivity contribution < 1.29 is 28.6 Å². The van der Waals surface area contributed by atoms with E-state index in [1.807, 2.05) is 13.0 Å². The third kappa shape index (κ3) is 5.50. The minimum atomic E-state index is -0.613. The van der Waals surface area contributed by atoms with E-state index in [-0.39, 0.29) is 18.1 Å². The molecular formula is C19H20N2O6S. The van der Waals surface area contributed by atoms with Crippen molar-refractivity contribution >= 4 is 35.0 Å². The van der Waals surface area contributed by atoms with Gasteiger partial charge in [-0.2, -0.15) is 5.26 Å². The lowest BCUT2D eigenvalue weighted by atomic mass is 10.2. The Kier molecular flexibility index (Phi) is 7.89. The molecule has 1 saturated heterocycles. The molecule has 1 aromatic rings. The van der Waals surface area contributed by atoms with Crippen LogP contribution in [-0.2, 0) is 14.3 Å². The lowest BCUT2D eigenvalue weighted by molar-refractivity contribution is -0.146. The van der Waals surface area contributed by atoms with Gasteiger partial charge in [0.25, 0.3) is 11.1 Å². The standard InChI is InChI=1S/C19H20N2O6S/c1-3-4-8-27-17(22)12-21-18(23)16(28-19(21)24)11-13-5-6-14(26-9-7-20)15(10-13)25-2/h5-6,10-11H,3-4,8-9,12H2,1-2H3/b16-11-. The highest BCUT2D eigenvalue weighted by Crippen LogP contribution is 2.34. The number of hydrogen-bond acceptors (Lipinski definition) is 8. The maximum Gasteiger partial charge on any atom is 0.326 e. The van der Waals surface area contributed by atoms with Crippen LogP contribution in [0.1, 0.15) is 25.3 Å². The van der Waals surface area contributed by atoms with Gasteiger partial charge in [0.05, 0.1) is 18.6 Å². The average Bonchev–Trinajstić information content (AvgIpc) is 2.94. The molecular weight excluding hydrogens is 384 g/mol. The molecule has 0 aromatic heterocycles. The number of carbonyl (C=O) groups is 3. The normalized spacial score (nSPS) is 14.9. The number of thioether (sulfide) groups is 1. The quantitative estimate of drug-likeness (QED) is 0.351. The summed E-state index contributed by atoms with van der Waals surface area (Å²) in [5.74, 6) is -0.379. The van der Waals surface area contributed by atoms with E-state index in [2.05, 4.69) is 0 Å². The number of benzene rings is 1. The van der Waals surface area contributed by atoms with Crippen molar-refractivity contribution in [3.05, 3.63) is 28.7 Å². The van der Waals surface area contributed by atoms with Gasteiger partial charge in [0, 0.05) is 0 Å². The number of nitrogens with zero attached hydrogens (tertiary/aromatic N) is 2. The summed E-state index contributed by atoms with van der Waals surface area (Å²) in [5, 5.41) is 8.08. The molecule has 1 aromatic carbocycles. The Morgan fingerprint density at radius 3 is 2.79 bits per heavy atom. The Morgan fingerprint density at radius 2 is 2.11 bits per heavy atom. The van der Waals surface area contributed by atoms with Crippen molar-refractivity contribution in [2.75, 3.05) is 26.9 Å². The van der Waals surface area contributed by atoms with Crippen LogP contribution in [0, 0.1) is 11.3 Å². The Bertz CT molecular complexity index is 830. The molecule has 28 heavy (non-hydrogen) atoms. The molecule has 0 spiro atoms. The van der Waals surface area contributed by atoms with E-state index in [1.54, 1.807) is 18.2 Å². The van der Waals surface area contributed by atoms with Gasteiger partial charge in [-0.1, -0.05) is 19.4 Å². The number of nitriles is 1. The highest BCUT2D eigenvalue weighted by Gasteiger charge is 2.36. The van der Waals surface area contributed by atoms with Gasteiger partial charge < -0.3 is 14.2 Å². The molecule has 2 rings (SSSR count). The fraction of sp³-hybridized carbons (Fsp3) is 0.368. The molecule has 0 aliphatic carbocycles. The van der Waals surface area contributed by atoms with Crippen LogP contribution >= 0.6 is 11.8 Å². The molecule has 9 heteroatoms. The molecule has 1 aliphatic rings. The zero-order valence-electron chi connectivity index (χ0n) is 15.6. The highest BCUT2D eigenvalue weighted by atomic mass is 32.2. The molecule has 1 heterocycles. The molecule has 1 aliphatic heterocycles. The van der Waals surface area contributed by atoms with E-state index in [9.17, 15) is 14.4 Å². The Labute approximate surface area is 167 Å². The summed E-state index contributed by atoms with van der Waals surface area (Å²) in [4.78, 5) is 37.4. The van der Waals surface area contributed by atoms with E-state index < -0.39 is 23.7 Å². The largest absolute Gasteiger partial charge is 0.493 e. The summed E-state index contributed by atoms with van der Waals surface area (Å²) in [6, 6.07) is 6.77. The van der Waals surface area contributed by atoms with Gasteiger partial charge in [0.1, 0.15) is 12.6 Å². The lowest BCUT2D eigenvalue weighted by Crippen LogP contribution is -2.34. The zero-order valence-corrected chi connectivity index (χ0v) is 16.4. The maximum atomic E-state index is 12.5. The van der Waals surface area contributed by atoms with Crippen LogP contribution in [-0.4, -0.2) is 48.9 Å². The van der Waals surface area contributed by atoms with Crippen LogP contribution in [0.4, 0.5) is 4.79 Å². The van der Waals surface area contributed by atoms with Gasteiger partial charge in [-0.05, 0) is 42.0 Å². The second-order valence-corrected chi connectivity index (χ2v) is 6.69. The van der Waals surface area contributed by atoms with E-state index in [0.29, 0.717) is 17.1 Å². The summed E-state index contributed by atoms with van der Waals surface area (Å²) in [6.45, 7) is 1.70. The third-order valence-corrected chi connectivity index (χ3v) is 4.61. The molecule has 0 atom stereocenters. The number of ether oxygens (including phenoxy) is 3. The number of carbonyl (C=O) groups excluding carboxylic acids is 3.